The summed E-state index contributed by atoms with van der Waals surface area (Å²) in [4.78, 5) is 21.9. The molecule has 9 nitrogen and oxygen atoms in total. The number of amides is 1. The molecule has 0 aliphatic carbocycles. The third-order valence-electron chi connectivity index (χ3n) is 7.06. The zero-order valence-electron chi connectivity index (χ0n) is 21.6. The number of fused-ring (bicyclic) bond motifs is 2. The molecule has 0 radical (unpaired) electrons. The summed E-state index contributed by atoms with van der Waals surface area (Å²) < 4.78 is 3.68. The highest BCUT2D eigenvalue weighted by Crippen LogP contribution is 2.36. The van der Waals surface area contributed by atoms with Crippen molar-refractivity contribution in [3.63, 3.8) is 0 Å². The van der Waals surface area contributed by atoms with Gasteiger partial charge in [0.1, 0.15) is 0 Å². The molecule has 0 fully saturated rings. The van der Waals surface area contributed by atoms with Crippen molar-refractivity contribution in [3.8, 4) is 11.1 Å². The molecule has 2 N–H and O–H groups in total. The van der Waals surface area contributed by atoms with Crippen LogP contribution in [0.15, 0.2) is 73.3 Å². The number of carbonyl (C=O) groups excluding carboxylic acids is 1. The van der Waals surface area contributed by atoms with Crippen molar-refractivity contribution in [1.82, 2.24) is 19.2 Å². The third kappa shape index (κ3) is 4.06. The molecule has 0 unspecified atom stereocenters. The molecule has 0 saturated carbocycles. The highest BCUT2D eigenvalue weighted by atomic mass is 16.3. The number of hydrogen-bond donors (Lipinski definition) is 2. The number of nitrogens with one attached hydrogen (secondary N) is 1. The smallest absolute Gasteiger partial charge is 0.258 e. The third-order valence-corrected chi connectivity index (χ3v) is 7.06. The maximum absolute atomic E-state index is 13.6. The molecule has 38 heavy (non-hydrogen) atoms. The van der Waals surface area contributed by atoms with E-state index in [1.807, 2.05) is 91.5 Å². The van der Waals surface area contributed by atoms with Crippen molar-refractivity contribution in [1.29, 1.82) is 0 Å². The zero-order valence-corrected chi connectivity index (χ0v) is 21.6. The summed E-state index contributed by atoms with van der Waals surface area (Å²) in [6.07, 6.45) is 8.24. The first-order valence-corrected chi connectivity index (χ1v) is 12.5. The molecular formula is C29H29N7O2. The Bertz CT molecular complexity index is 1670. The van der Waals surface area contributed by atoms with Gasteiger partial charge in [-0.2, -0.15) is 5.10 Å². The van der Waals surface area contributed by atoms with Crippen LogP contribution in [-0.4, -0.2) is 50.8 Å². The fraction of sp³-hybridized carbons (Fsp3) is 0.207. The monoisotopic (exact) mass is 507 g/mol. The van der Waals surface area contributed by atoms with Crippen LogP contribution in [0, 0.1) is 0 Å². The van der Waals surface area contributed by atoms with E-state index in [9.17, 15) is 9.90 Å². The molecular weight excluding hydrogens is 478 g/mol. The maximum atomic E-state index is 13.6. The van der Waals surface area contributed by atoms with Crippen molar-refractivity contribution in [2.24, 2.45) is 7.05 Å². The Morgan fingerprint density at radius 2 is 1.95 bits per heavy atom. The Morgan fingerprint density at radius 3 is 2.71 bits per heavy atom. The molecule has 9 heteroatoms. The maximum Gasteiger partial charge on any atom is 0.258 e. The van der Waals surface area contributed by atoms with Gasteiger partial charge in [0.15, 0.2) is 11.5 Å². The lowest BCUT2D eigenvalue weighted by Crippen LogP contribution is -2.38. The van der Waals surface area contributed by atoms with Gasteiger partial charge < -0.3 is 24.6 Å². The number of hydrogen-bond acceptors (Lipinski definition) is 6. The van der Waals surface area contributed by atoms with Gasteiger partial charge >= 0.3 is 0 Å². The van der Waals surface area contributed by atoms with Crippen LogP contribution in [-0.2, 0) is 20.1 Å². The Morgan fingerprint density at radius 1 is 1.08 bits per heavy atom. The second kappa shape index (κ2) is 9.35. The van der Waals surface area contributed by atoms with Crippen LogP contribution in [0.5, 0.6) is 0 Å². The molecule has 6 rings (SSSR count). The standard InChI is InChI=1S/C29H29N7O2/c1-33(2)21-7-8-23-19(15-21)9-13-36(29(23)38)26-6-4-5-22(24(26)18-37)20-16-25(28-30-11-14-35(28)17-20)31-27-10-12-34(3)32-27/h4-8,10-12,14-17,37H,9,13,18H2,1-3H3,(H,31,32). The molecule has 4 heterocycles. The van der Waals surface area contributed by atoms with Crippen LogP contribution in [0.4, 0.5) is 22.9 Å². The van der Waals surface area contributed by atoms with E-state index in [0.29, 0.717) is 23.5 Å². The molecule has 0 saturated heterocycles. The SMILES string of the molecule is CN(C)c1ccc2c(c1)CCN(c1cccc(-c3cc(Nc4ccn(C)n4)c4nccn4c3)c1CO)C2=O. The largest absolute Gasteiger partial charge is 0.392 e. The van der Waals surface area contributed by atoms with Crippen molar-refractivity contribution < 1.29 is 9.90 Å². The number of aryl methyl sites for hydroxylation is 1. The van der Waals surface area contributed by atoms with Gasteiger partial charge in [0, 0.05) is 80.9 Å². The fourth-order valence-electron chi connectivity index (χ4n) is 5.14. The van der Waals surface area contributed by atoms with E-state index in [1.54, 1.807) is 15.8 Å². The first-order chi connectivity index (χ1) is 18.4. The quantitative estimate of drug-likeness (QED) is 0.357. The van der Waals surface area contributed by atoms with Gasteiger partial charge in [0.2, 0.25) is 0 Å². The number of rotatable bonds is 6. The van der Waals surface area contributed by atoms with Crippen LogP contribution >= 0.6 is 0 Å². The summed E-state index contributed by atoms with van der Waals surface area (Å²) in [5, 5.41) is 18.4. The molecule has 0 atom stereocenters. The number of pyridine rings is 1. The summed E-state index contributed by atoms with van der Waals surface area (Å²) in [6.45, 7) is 0.346. The van der Waals surface area contributed by atoms with Gasteiger partial charge in [0.25, 0.3) is 5.91 Å². The summed E-state index contributed by atoms with van der Waals surface area (Å²) in [6, 6.07) is 15.7. The summed E-state index contributed by atoms with van der Waals surface area (Å²) >= 11 is 0. The van der Waals surface area contributed by atoms with Gasteiger partial charge in [-0.3, -0.25) is 9.48 Å². The first-order valence-electron chi connectivity index (χ1n) is 12.5. The molecule has 2 aromatic carbocycles. The van der Waals surface area contributed by atoms with E-state index >= 15 is 0 Å². The van der Waals surface area contributed by atoms with Crippen molar-refractivity contribution >= 4 is 34.4 Å². The van der Waals surface area contributed by atoms with Crippen LogP contribution < -0.4 is 15.1 Å². The lowest BCUT2D eigenvalue weighted by Gasteiger charge is -2.31. The number of carbonyl (C=O) groups is 1. The Hall–Kier alpha value is -4.63. The fourth-order valence-corrected chi connectivity index (χ4v) is 5.14. The highest BCUT2D eigenvalue weighted by Gasteiger charge is 2.28. The van der Waals surface area contributed by atoms with E-state index < -0.39 is 0 Å². The number of aliphatic hydroxyl groups is 1. The van der Waals surface area contributed by atoms with Crippen LogP contribution in [0.2, 0.25) is 0 Å². The number of anilines is 4. The molecule has 5 aromatic rings. The van der Waals surface area contributed by atoms with Crippen molar-refractivity contribution in [3.05, 3.63) is 90.0 Å². The van der Waals surface area contributed by atoms with Crippen molar-refractivity contribution in [2.75, 3.05) is 35.8 Å². The summed E-state index contributed by atoms with van der Waals surface area (Å²) in [7, 11) is 5.86. The summed E-state index contributed by atoms with van der Waals surface area (Å²) in [5.41, 5.74) is 7.56. The highest BCUT2D eigenvalue weighted by molar-refractivity contribution is 6.09. The minimum absolute atomic E-state index is 0.0500. The average Bonchev–Trinajstić information content (AvgIpc) is 3.57. The van der Waals surface area contributed by atoms with Gasteiger partial charge in [-0.25, -0.2) is 4.98 Å². The van der Waals surface area contributed by atoms with Gasteiger partial charge in [-0.15, -0.1) is 0 Å². The molecule has 3 aromatic heterocycles. The lowest BCUT2D eigenvalue weighted by molar-refractivity contribution is 0.0980. The van der Waals surface area contributed by atoms with Gasteiger partial charge in [0.05, 0.1) is 18.0 Å². The van der Waals surface area contributed by atoms with Crippen LogP contribution in [0.25, 0.3) is 16.8 Å². The van der Waals surface area contributed by atoms with E-state index in [2.05, 4.69) is 21.5 Å². The second-order valence-corrected chi connectivity index (χ2v) is 9.70. The zero-order chi connectivity index (χ0) is 26.4. The van der Waals surface area contributed by atoms with Crippen LogP contribution in [0.1, 0.15) is 21.5 Å². The molecule has 1 amide bonds. The molecule has 0 spiro atoms. The van der Waals surface area contributed by atoms with Crippen LogP contribution in [0.3, 0.4) is 0 Å². The number of aliphatic hydroxyl groups excluding tert-OH is 1. The Balaban J connectivity index is 1.41. The number of aromatic nitrogens is 4. The van der Waals surface area contributed by atoms with Gasteiger partial charge in [-0.05, 0) is 47.9 Å². The first kappa shape index (κ1) is 23.7. The molecule has 1 aliphatic rings. The molecule has 192 valence electrons. The normalized spacial score (nSPS) is 13.2. The van der Waals surface area contributed by atoms with E-state index in [0.717, 1.165) is 45.8 Å². The number of imidazole rings is 1. The van der Waals surface area contributed by atoms with Gasteiger partial charge in [-0.1, -0.05) is 12.1 Å². The molecule has 1 aliphatic heterocycles. The minimum Gasteiger partial charge on any atom is -0.392 e. The second-order valence-electron chi connectivity index (χ2n) is 9.70. The number of benzene rings is 2. The predicted octanol–water partition coefficient (Wildman–Crippen LogP) is 4.24. The van der Waals surface area contributed by atoms with Crippen molar-refractivity contribution in [2.45, 2.75) is 13.0 Å². The van der Waals surface area contributed by atoms with E-state index in [4.69, 9.17) is 0 Å². The minimum atomic E-state index is -0.202. The Kier molecular flexibility index (Phi) is 5.84. The topological polar surface area (TPSA) is 90.9 Å². The Labute approximate surface area is 220 Å². The summed E-state index contributed by atoms with van der Waals surface area (Å²) in [5.74, 6) is 0.659. The predicted molar refractivity (Wildman–Crippen MR) is 149 cm³/mol. The van der Waals surface area contributed by atoms with E-state index in [-0.39, 0.29) is 12.5 Å². The average molecular weight is 508 g/mol. The number of nitrogens with zero attached hydrogens (tertiary/aromatic N) is 6. The molecule has 0 bridgehead atoms. The van der Waals surface area contributed by atoms with E-state index in [1.165, 1.54) is 0 Å². The lowest BCUT2D eigenvalue weighted by atomic mass is 9.94.